The highest BCUT2D eigenvalue weighted by molar-refractivity contribution is 5.60. The van der Waals surface area contributed by atoms with E-state index in [9.17, 15) is 0 Å². The summed E-state index contributed by atoms with van der Waals surface area (Å²) >= 11 is 0. The highest BCUT2D eigenvalue weighted by Crippen LogP contribution is 2.19. The second-order valence-corrected chi connectivity index (χ2v) is 3.79. The summed E-state index contributed by atoms with van der Waals surface area (Å²) in [5.74, 6) is 1.12. The summed E-state index contributed by atoms with van der Waals surface area (Å²) in [5.41, 5.74) is 8.92. The lowest BCUT2D eigenvalue weighted by atomic mass is 10.1. The number of benzene rings is 1. The molecule has 4 nitrogen and oxygen atoms in total. The van der Waals surface area contributed by atoms with Crippen LogP contribution in [0.3, 0.4) is 0 Å². The third-order valence-electron chi connectivity index (χ3n) is 2.33. The standard InChI is InChI=1S/C12H14N4/c1-8-3-4-10(9(2)7-8)14-12-6-5-11(13)15-16-12/h3-7H,1-2H3,(H2,13,15)(H,14,16). The van der Waals surface area contributed by atoms with Crippen LogP contribution in [0, 0.1) is 13.8 Å². The van der Waals surface area contributed by atoms with Gasteiger partial charge in [-0.15, -0.1) is 10.2 Å². The molecule has 82 valence electrons. The van der Waals surface area contributed by atoms with Crippen LogP contribution in [-0.2, 0) is 0 Å². The maximum Gasteiger partial charge on any atom is 0.153 e. The fraction of sp³-hybridized carbons (Fsp3) is 0.167. The van der Waals surface area contributed by atoms with Gasteiger partial charge in [-0.1, -0.05) is 17.7 Å². The van der Waals surface area contributed by atoms with Gasteiger partial charge in [0, 0.05) is 5.69 Å². The van der Waals surface area contributed by atoms with Crippen LogP contribution in [0.2, 0.25) is 0 Å². The van der Waals surface area contributed by atoms with E-state index in [-0.39, 0.29) is 0 Å². The monoisotopic (exact) mass is 214 g/mol. The van der Waals surface area contributed by atoms with Crippen LogP contribution in [0.15, 0.2) is 30.3 Å². The predicted octanol–water partition coefficient (Wildman–Crippen LogP) is 2.42. The fourth-order valence-electron chi connectivity index (χ4n) is 1.50. The molecule has 1 heterocycles. The van der Waals surface area contributed by atoms with Crippen molar-refractivity contribution >= 4 is 17.3 Å². The minimum atomic E-state index is 0.422. The Hall–Kier alpha value is -2.10. The van der Waals surface area contributed by atoms with Crippen molar-refractivity contribution in [3.63, 3.8) is 0 Å². The molecule has 4 heteroatoms. The van der Waals surface area contributed by atoms with E-state index in [4.69, 9.17) is 5.73 Å². The number of nitrogens with two attached hydrogens (primary N) is 1. The van der Waals surface area contributed by atoms with Crippen molar-refractivity contribution in [3.8, 4) is 0 Å². The van der Waals surface area contributed by atoms with Gasteiger partial charge in [0.25, 0.3) is 0 Å². The molecule has 0 saturated heterocycles. The molecule has 1 aromatic carbocycles. The molecule has 0 fully saturated rings. The molecule has 0 amide bonds. The number of nitrogens with zero attached hydrogens (tertiary/aromatic N) is 2. The first-order valence-electron chi connectivity index (χ1n) is 5.08. The van der Waals surface area contributed by atoms with Crippen LogP contribution in [0.4, 0.5) is 17.3 Å². The number of rotatable bonds is 2. The molecule has 0 atom stereocenters. The Morgan fingerprint density at radius 2 is 1.88 bits per heavy atom. The van der Waals surface area contributed by atoms with Crippen molar-refractivity contribution in [2.24, 2.45) is 0 Å². The smallest absolute Gasteiger partial charge is 0.153 e. The minimum absolute atomic E-state index is 0.422. The molecule has 2 rings (SSSR count). The molecule has 0 radical (unpaired) electrons. The summed E-state index contributed by atoms with van der Waals surface area (Å²) < 4.78 is 0. The van der Waals surface area contributed by atoms with Crippen molar-refractivity contribution < 1.29 is 0 Å². The van der Waals surface area contributed by atoms with Gasteiger partial charge < -0.3 is 11.1 Å². The maximum atomic E-state index is 5.47. The zero-order valence-electron chi connectivity index (χ0n) is 9.36. The SMILES string of the molecule is Cc1ccc(Nc2ccc(N)nn2)c(C)c1. The van der Waals surface area contributed by atoms with Gasteiger partial charge in [-0.3, -0.25) is 0 Å². The van der Waals surface area contributed by atoms with Crippen LogP contribution in [-0.4, -0.2) is 10.2 Å². The van der Waals surface area contributed by atoms with Gasteiger partial charge in [0.1, 0.15) is 5.82 Å². The Morgan fingerprint density at radius 3 is 2.50 bits per heavy atom. The van der Waals surface area contributed by atoms with Crippen molar-refractivity contribution in [2.45, 2.75) is 13.8 Å². The molecule has 0 unspecified atom stereocenters. The molecule has 1 aromatic heterocycles. The second kappa shape index (κ2) is 4.18. The largest absolute Gasteiger partial charge is 0.382 e. The number of anilines is 3. The predicted molar refractivity (Wildman–Crippen MR) is 65.6 cm³/mol. The minimum Gasteiger partial charge on any atom is -0.382 e. The molecule has 0 bridgehead atoms. The normalized spacial score (nSPS) is 10.1. The molecular weight excluding hydrogens is 200 g/mol. The summed E-state index contributed by atoms with van der Waals surface area (Å²) in [5, 5.41) is 10.9. The van der Waals surface area contributed by atoms with Crippen molar-refractivity contribution in [1.82, 2.24) is 10.2 Å². The summed E-state index contributed by atoms with van der Waals surface area (Å²) in [6.07, 6.45) is 0. The number of hydrogen-bond donors (Lipinski definition) is 2. The topological polar surface area (TPSA) is 63.8 Å². The van der Waals surface area contributed by atoms with Gasteiger partial charge in [0.2, 0.25) is 0 Å². The van der Waals surface area contributed by atoms with E-state index in [1.54, 1.807) is 6.07 Å². The molecule has 0 aliphatic heterocycles. The van der Waals surface area contributed by atoms with Gasteiger partial charge >= 0.3 is 0 Å². The van der Waals surface area contributed by atoms with Crippen LogP contribution in [0.25, 0.3) is 0 Å². The van der Waals surface area contributed by atoms with E-state index in [2.05, 4.69) is 41.5 Å². The van der Waals surface area contributed by atoms with Gasteiger partial charge in [-0.05, 0) is 37.6 Å². The second-order valence-electron chi connectivity index (χ2n) is 3.79. The van der Waals surface area contributed by atoms with Gasteiger partial charge in [0.15, 0.2) is 5.82 Å². The summed E-state index contributed by atoms with van der Waals surface area (Å²) in [6.45, 7) is 4.12. The Bertz CT molecular complexity index is 491. The van der Waals surface area contributed by atoms with E-state index in [1.807, 2.05) is 12.1 Å². The number of nitrogen functional groups attached to an aromatic ring is 1. The third kappa shape index (κ3) is 2.28. The van der Waals surface area contributed by atoms with Crippen molar-refractivity contribution in [3.05, 3.63) is 41.5 Å². The summed E-state index contributed by atoms with van der Waals surface area (Å²) in [6, 6.07) is 9.73. The Morgan fingerprint density at radius 1 is 1.06 bits per heavy atom. The summed E-state index contributed by atoms with van der Waals surface area (Å²) in [4.78, 5) is 0. The van der Waals surface area contributed by atoms with Crippen LogP contribution >= 0.6 is 0 Å². The van der Waals surface area contributed by atoms with E-state index >= 15 is 0 Å². The first-order chi connectivity index (χ1) is 7.65. The van der Waals surface area contributed by atoms with Gasteiger partial charge in [-0.2, -0.15) is 0 Å². The molecule has 16 heavy (non-hydrogen) atoms. The first-order valence-corrected chi connectivity index (χ1v) is 5.08. The van der Waals surface area contributed by atoms with Gasteiger partial charge in [0.05, 0.1) is 0 Å². The van der Waals surface area contributed by atoms with Crippen molar-refractivity contribution in [2.75, 3.05) is 11.1 Å². The third-order valence-corrected chi connectivity index (χ3v) is 2.33. The Kier molecular flexibility index (Phi) is 2.72. The summed E-state index contributed by atoms with van der Waals surface area (Å²) in [7, 11) is 0. The molecule has 0 aliphatic rings. The number of nitrogens with one attached hydrogen (secondary N) is 1. The zero-order chi connectivity index (χ0) is 11.5. The van der Waals surface area contributed by atoms with Crippen LogP contribution in [0.5, 0.6) is 0 Å². The molecular formula is C12H14N4. The molecule has 0 spiro atoms. The average Bonchev–Trinajstić information content (AvgIpc) is 2.25. The lowest BCUT2D eigenvalue weighted by Gasteiger charge is -2.08. The molecule has 2 aromatic rings. The first kappa shape index (κ1) is 10.4. The fourth-order valence-corrected chi connectivity index (χ4v) is 1.50. The average molecular weight is 214 g/mol. The lowest BCUT2D eigenvalue weighted by Crippen LogP contribution is -1.99. The van der Waals surface area contributed by atoms with E-state index < -0.39 is 0 Å². The number of hydrogen-bond acceptors (Lipinski definition) is 4. The highest BCUT2D eigenvalue weighted by atomic mass is 15.2. The zero-order valence-corrected chi connectivity index (χ0v) is 9.36. The molecule has 3 N–H and O–H groups in total. The molecule has 0 aliphatic carbocycles. The number of aryl methyl sites for hydroxylation is 2. The van der Waals surface area contributed by atoms with Crippen molar-refractivity contribution in [1.29, 1.82) is 0 Å². The Balaban J connectivity index is 2.23. The highest BCUT2D eigenvalue weighted by Gasteiger charge is 2.00. The lowest BCUT2D eigenvalue weighted by molar-refractivity contribution is 1.05. The van der Waals surface area contributed by atoms with E-state index in [0.29, 0.717) is 11.6 Å². The maximum absolute atomic E-state index is 5.47. The van der Waals surface area contributed by atoms with E-state index in [0.717, 1.165) is 5.69 Å². The van der Waals surface area contributed by atoms with Crippen LogP contribution < -0.4 is 11.1 Å². The van der Waals surface area contributed by atoms with Crippen LogP contribution in [0.1, 0.15) is 11.1 Å². The van der Waals surface area contributed by atoms with E-state index in [1.165, 1.54) is 11.1 Å². The Labute approximate surface area is 94.5 Å². The number of aromatic nitrogens is 2. The quantitative estimate of drug-likeness (QED) is 0.805. The molecule has 0 saturated carbocycles. The van der Waals surface area contributed by atoms with Gasteiger partial charge in [-0.25, -0.2) is 0 Å².